The van der Waals surface area contributed by atoms with Gasteiger partial charge in [0.1, 0.15) is 17.0 Å². The number of morpholine rings is 1. The molecule has 1 aliphatic heterocycles. The zero-order valence-electron chi connectivity index (χ0n) is 13.3. The average Bonchev–Trinajstić information content (AvgIpc) is 2.99. The van der Waals surface area contributed by atoms with Gasteiger partial charge < -0.3 is 9.64 Å². The van der Waals surface area contributed by atoms with Crippen LogP contribution in [0.4, 0.5) is 5.82 Å². The topological polar surface area (TPSA) is 38.2 Å². The molecule has 4 nitrogen and oxygen atoms in total. The van der Waals surface area contributed by atoms with E-state index < -0.39 is 0 Å². The number of anilines is 1. The Balaban J connectivity index is 1.77. The lowest BCUT2D eigenvalue weighted by Gasteiger charge is -2.36. The number of nitrogens with zero attached hydrogens (tertiary/aromatic N) is 3. The zero-order chi connectivity index (χ0) is 15.8. The molecule has 3 heterocycles. The molecule has 0 bridgehead atoms. The van der Waals surface area contributed by atoms with Crippen molar-refractivity contribution < 1.29 is 4.74 Å². The molecule has 0 N–H and O–H groups in total. The second kappa shape index (κ2) is 5.91. The van der Waals surface area contributed by atoms with E-state index in [9.17, 15) is 0 Å². The zero-order valence-corrected chi connectivity index (χ0v) is 14.1. The molecule has 23 heavy (non-hydrogen) atoms. The van der Waals surface area contributed by atoms with Gasteiger partial charge in [-0.15, -0.1) is 11.3 Å². The number of hydrogen-bond donors (Lipinski definition) is 0. The van der Waals surface area contributed by atoms with Crippen molar-refractivity contribution in [2.45, 2.75) is 26.1 Å². The van der Waals surface area contributed by atoms with Crippen molar-refractivity contribution in [1.82, 2.24) is 9.97 Å². The molecule has 118 valence electrons. The van der Waals surface area contributed by atoms with E-state index in [2.05, 4.69) is 59.0 Å². The number of rotatable bonds is 2. The highest BCUT2D eigenvalue weighted by atomic mass is 32.1. The van der Waals surface area contributed by atoms with Gasteiger partial charge in [0, 0.05) is 18.0 Å². The SMILES string of the molecule is C[C@@H]1CN(c2ncnc3sc(-c4ccccc4)cc23)C[C@@H](C)O1. The molecule has 0 amide bonds. The first-order chi connectivity index (χ1) is 11.2. The summed E-state index contributed by atoms with van der Waals surface area (Å²) in [5.74, 6) is 1.02. The van der Waals surface area contributed by atoms with Crippen LogP contribution < -0.4 is 4.90 Å². The van der Waals surface area contributed by atoms with Gasteiger partial charge in [-0.2, -0.15) is 0 Å². The van der Waals surface area contributed by atoms with Gasteiger partial charge >= 0.3 is 0 Å². The van der Waals surface area contributed by atoms with Crippen LogP contribution in [0.3, 0.4) is 0 Å². The standard InChI is InChI=1S/C18H19N3OS/c1-12-9-21(10-13(2)22-12)17-15-8-16(14-6-4-3-5-7-14)23-18(15)20-11-19-17/h3-8,11-13H,9-10H2,1-2H3/t12-,13-/m1/s1. The molecular formula is C18H19N3OS. The van der Waals surface area contributed by atoms with E-state index in [0.29, 0.717) is 0 Å². The lowest BCUT2D eigenvalue weighted by molar-refractivity contribution is -0.00537. The van der Waals surface area contributed by atoms with E-state index in [1.54, 1.807) is 17.7 Å². The molecule has 2 atom stereocenters. The van der Waals surface area contributed by atoms with Gasteiger partial charge in [0.05, 0.1) is 17.6 Å². The highest BCUT2D eigenvalue weighted by Crippen LogP contribution is 2.36. The van der Waals surface area contributed by atoms with E-state index in [-0.39, 0.29) is 12.2 Å². The van der Waals surface area contributed by atoms with E-state index in [0.717, 1.165) is 29.1 Å². The van der Waals surface area contributed by atoms with Crippen molar-refractivity contribution in [3.8, 4) is 10.4 Å². The van der Waals surface area contributed by atoms with Gasteiger partial charge in [-0.3, -0.25) is 0 Å². The highest BCUT2D eigenvalue weighted by molar-refractivity contribution is 7.21. The number of thiophene rings is 1. The Morgan fingerprint density at radius 1 is 1.09 bits per heavy atom. The maximum Gasteiger partial charge on any atom is 0.140 e. The lowest BCUT2D eigenvalue weighted by atomic mass is 10.1. The average molecular weight is 325 g/mol. The molecule has 4 rings (SSSR count). The van der Waals surface area contributed by atoms with Crippen LogP contribution in [-0.2, 0) is 4.74 Å². The predicted molar refractivity (Wildman–Crippen MR) is 95.1 cm³/mol. The Bertz CT molecular complexity index is 808. The van der Waals surface area contributed by atoms with E-state index in [1.807, 2.05) is 6.07 Å². The van der Waals surface area contributed by atoms with Gasteiger partial charge in [-0.25, -0.2) is 9.97 Å². The van der Waals surface area contributed by atoms with Crippen molar-refractivity contribution in [3.05, 3.63) is 42.7 Å². The number of hydrogen-bond acceptors (Lipinski definition) is 5. The van der Waals surface area contributed by atoms with E-state index in [1.165, 1.54) is 10.4 Å². The number of ether oxygens (including phenoxy) is 1. The van der Waals surface area contributed by atoms with Crippen LogP contribution >= 0.6 is 11.3 Å². The Morgan fingerprint density at radius 3 is 2.57 bits per heavy atom. The maximum absolute atomic E-state index is 5.84. The third-order valence-corrected chi connectivity index (χ3v) is 5.18. The monoisotopic (exact) mass is 325 g/mol. The molecule has 0 unspecified atom stereocenters. The van der Waals surface area contributed by atoms with Gasteiger partial charge in [0.25, 0.3) is 0 Å². The minimum atomic E-state index is 0.219. The Labute approximate surface area is 139 Å². The summed E-state index contributed by atoms with van der Waals surface area (Å²) in [6.45, 7) is 5.97. The molecule has 0 spiro atoms. The first-order valence-electron chi connectivity index (χ1n) is 7.91. The van der Waals surface area contributed by atoms with Crippen molar-refractivity contribution in [3.63, 3.8) is 0 Å². The summed E-state index contributed by atoms with van der Waals surface area (Å²) in [5, 5.41) is 1.14. The third kappa shape index (κ3) is 2.82. The Kier molecular flexibility index (Phi) is 3.75. The van der Waals surface area contributed by atoms with Crippen LogP contribution in [0.2, 0.25) is 0 Å². The summed E-state index contributed by atoms with van der Waals surface area (Å²) in [6, 6.07) is 12.7. The van der Waals surface area contributed by atoms with Crippen molar-refractivity contribution in [2.24, 2.45) is 0 Å². The first kappa shape index (κ1) is 14.6. The van der Waals surface area contributed by atoms with Crippen LogP contribution in [0, 0.1) is 0 Å². The second-order valence-corrected chi connectivity index (χ2v) is 7.09. The van der Waals surface area contributed by atoms with Gasteiger partial charge in [-0.1, -0.05) is 30.3 Å². The molecule has 1 aromatic carbocycles. The quantitative estimate of drug-likeness (QED) is 0.714. The van der Waals surface area contributed by atoms with Gasteiger partial charge in [0.15, 0.2) is 0 Å². The molecule has 0 aliphatic carbocycles. The summed E-state index contributed by atoms with van der Waals surface area (Å²) >= 11 is 1.72. The third-order valence-electron chi connectivity index (χ3n) is 4.09. The molecule has 1 aliphatic rings. The molecule has 5 heteroatoms. The second-order valence-electron chi connectivity index (χ2n) is 6.06. The smallest absolute Gasteiger partial charge is 0.140 e. The molecule has 0 radical (unpaired) electrons. The van der Waals surface area contributed by atoms with Crippen molar-refractivity contribution in [1.29, 1.82) is 0 Å². The molecule has 2 aromatic heterocycles. The lowest BCUT2D eigenvalue weighted by Crippen LogP contribution is -2.45. The van der Waals surface area contributed by atoms with Gasteiger partial charge in [0.2, 0.25) is 0 Å². The molecule has 1 saturated heterocycles. The molecule has 1 fully saturated rings. The summed E-state index contributed by atoms with van der Waals surface area (Å²) in [6.07, 6.45) is 2.11. The first-order valence-corrected chi connectivity index (χ1v) is 8.73. The van der Waals surface area contributed by atoms with E-state index in [4.69, 9.17) is 4.74 Å². The normalized spacial score (nSPS) is 21.7. The minimum Gasteiger partial charge on any atom is -0.372 e. The van der Waals surface area contributed by atoms with Crippen LogP contribution in [0.5, 0.6) is 0 Å². The van der Waals surface area contributed by atoms with Crippen LogP contribution in [-0.4, -0.2) is 35.3 Å². The highest BCUT2D eigenvalue weighted by Gasteiger charge is 2.25. The minimum absolute atomic E-state index is 0.219. The summed E-state index contributed by atoms with van der Waals surface area (Å²) in [5.41, 5.74) is 1.23. The van der Waals surface area contributed by atoms with E-state index >= 15 is 0 Å². The fourth-order valence-corrected chi connectivity index (χ4v) is 4.19. The fourth-order valence-electron chi connectivity index (χ4n) is 3.19. The summed E-state index contributed by atoms with van der Waals surface area (Å²) in [7, 11) is 0. The van der Waals surface area contributed by atoms with Crippen LogP contribution in [0.1, 0.15) is 13.8 Å². The maximum atomic E-state index is 5.84. The number of aromatic nitrogens is 2. The molecule has 0 saturated carbocycles. The number of benzene rings is 1. The van der Waals surface area contributed by atoms with Crippen LogP contribution in [0.15, 0.2) is 42.7 Å². The number of fused-ring (bicyclic) bond motifs is 1. The van der Waals surface area contributed by atoms with Crippen LogP contribution in [0.25, 0.3) is 20.7 Å². The summed E-state index contributed by atoms with van der Waals surface area (Å²) < 4.78 is 5.84. The Hall–Kier alpha value is -1.98. The summed E-state index contributed by atoms with van der Waals surface area (Å²) in [4.78, 5) is 13.6. The molecular weight excluding hydrogens is 306 g/mol. The van der Waals surface area contributed by atoms with Crippen molar-refractivity contribution in [2.75, 3.05) is 18.0 Å². The predicted octanol–water partition coefficient (Wildman–Crippen LogP) is 3.97. The fraction of sp³-hybridized carbons (Fsp3) is 0.333. The van der Waals surface area contributed by atoms with Gasteiger partial charge in [-0.05, 0) is 25.5 Å². The molecule has 3 aromatic rings. The largest absolute Gasteiger partial charge is 0.372 e. The Morgan fingerprint density at radius 2 is 1.83 bits per heavy atom. The van der Waals surface area contributed by atoms with Crippen molar-refractivity contribution >= 4 is 27.4 Å².